The number of aromatic nitrogens is 1. The third-order valence-electron chi connectivity index (χ3n) is 3.34. The van der Waals surface area contributed by atoms with E-state index in [9.17, 15) is 4.79 Å². The molecule has 1 unspecified atom stereocenters. The minimum Gasteiger partial charge on any atom is -0.466 e. The molecule has 3 nitrogen and oxygen atoms in total. The van der Waals surface area contributed by atoms with Crippen LogP contribution in [-0.4, -0.2) is 17.1 Å². The molecule has 0 aliphatic heterocycles. The minimum atomic E-state index is -0.154. The molecule has 0 bridgehead atoms. The Morgan fingerprint density at radius 3 is 2.84 bits per heavy atom. The summed E-state index contributed by atoms with van der Waals surface area (Å²) in [7, 11) is 1.99. The number of hydrogen-bond donors (Lipinski definition) is 0. The van der Waals surface area contributed by atoms with Crippen LogP contribution < -0.4 is 0 Å². The van der Waals surface area contributed by atoms with Crippen molar-refractivity contribution in [2.75, 3.05) is 6.61 Å². The van der Waals surface area contributed by atoms with Crippen LogP contribution in [-0.2, 0) is 23.0 Å². The highest BCUT2D eigenvalue weighted by Crippen LogP contribution is 2.27. The zero-order chi connectivity index (χ0) is 14.0. The van der Waals surface area contributed by atoms with Gasteiger partial charge in [-0.2, -0.15) is 0 Å². The van der Waals surface area contributed by atoms with Crippen LogP contribution in [0.25, 0.3) is 10.9 Å². The molecular weight excluding hydrogens is 262 g/mol. The monoisotopic (exact) mass is 279 g/mol. The molecule has 4 heteroatoms. The first-order valence-corrected chi connectivity index (χ1v) is 6.81. The van der Waals surface area contributed by atoms with E-state index < -0.39 is 0 Å². The Balaban J connectivity index is 2.29. The molecule has 0 spiro atoms. The highest BCUT2D eigenvalue weighted by molar-refractivity contribution is 6.35. The summed E-state index contributed by atoms with van der Waals surface area (Å²) in [6.45, 7) is 4.13. The number of rotatable bonds is 4. The molecule has 1 heterocycles. The molecule has 1 atom stereocenters. The van der Waals surface area contributed by atoms with Gasteiger partial charge < -0.3 is 9.30 Å². The predicted octanol–water partition coefficient (Wildman–Crippen LogP) is 3.57. The van der Waals surface area contributed by atoms with Crippen molar-refractivity contribution in [1.82, 2.24) is 4.57 Å². The highest BCUT2D eigenvalue weighted by Gasteiger charge is 2.17. The standard InChI is InChI=1S/C15H18ClNO2/c1-4-19-15(18)10(2)8-11-9-12-13(16)6-5-7-14(12)17(11)3/h5-7,9-10H,4,8H2,1-3H3. The fraction of sp³-hybridized carbons (Fsp3) is 0.400. The van der Waals surface area contributed by atoms with Crippen molar-refractivity contribution in [2.45, 2.75) is 20.3 Å². The summed E-state index contributed by atoms with van der Waals surface area (Å²) >= 11 is 6.19. The van der Waals surface area contributed by atoms with E-state index in [2.05, 4.69) is 4.57 Å². The van der Waals surface area contributed by atoms with Crippen LogP contribution in [0.3, 0.4) is 0 Å². The summed E-state index contributed by atoms with van der Waals surface area (Å²) in [5.41, 5.74) is 2.17. The molecule has 0 aliphatic rings. The highest BCUT2D eigenvalue weighted by atomic mass is 35.5. The van der Waals surface area contributed by atoms with E-state index in [-0.39, 0.29) is 11.9 Å². The van der Waals surface area contributed by atoms with E-state index in [1.807, 2.05) is 45.2 Å². The van der Waals surface area contributed by atoms with E-state index in [1.54, 1.807) is 0 Å². The summed E-state index contributed by atoms with van der Waals surface area (Å²) in [5.74, 6) is -0.305. The Morgan fingerprint density at radius 1 is 1.47 bits per heavy atom. The van der Waals surface area contributed by atoms with Crippen molar-refractivity contribution < 1.29 is 9.53 Å². The molecule has 0 N–H and O–H groups in total. The molecule has 0 amide bonds. The number of ether oxygens (including phenoxy) is 1. The lowest BCUT2D eigenvalue weighted by atomic mass is 10.1. The second kappa shape index (κ2) is 5.66. The number of fused-ring (bicyclic) bond motifs is 1. The number of halogens is 1. The Hall–Kier alpha value is -1.48. The summed E-state index contributed by atoms with van der Waals surface area (Å²) in [6.07, 6.45) is 0.653. The van der Waals surface area contributed by atoms with Crippen molar-refractivity contribution in [3.8, 4) is 0 Å². The fourth-order valence-electron chi connectivity index (χ4n) is 2.26. The molecule has 19 heavy (non-hydrogen) atoms. The normalized spacial score (nSPS) is 12.6. The van der Waals surface area contributed by atoms with Crippen LogP contribution >= 0.6 is 11.6 Å². The number of hydrogen-bond acceptors (Lipinski definition) is 2. The van der Waals surface area contributed by atoms with Gasteiger partial charge in [-0.3, -0.25) is 4.79 Å². The van der Waals surface area contributed by atoms with E-state index >= 15 is 0 Å². The van der Waals surface area contributed by atoms with Gasteiger partial charge in [-0.25, -0.2) is 0 Å². The lowest BCUT2D eigenvalue weighted by Gasteiger charge is -2.11. The first-order chi connectivity index (χ1) is 9.04. The van der Waals surface area contributed by atoms with Gasteiger partial charge in [-0.15, -0.1) is 0 Å². The van der Waals surface area contributed by atoms with E-state index in [1.165, 1.54) is 0 Å². The first-order valence-electron chi connectivity index (χ1n) is 6.44. The van der Waals surface area contributed by atoms with Crippen molar-refractivity contribution >= 4 is 28.5 Å². The zero-order valence-electron chi connectivity index (χ0n) is 11.4. The molecule has 2 rings (SSSR count). The summed E-state index contributed by atoms with van der Waals surface area (Å²) in [5, 5.41) is 1.76. The zero-order valence-corrected chi connectivity index (χ0v) is 12.2. The molecule has 0 saturated heterocycles. The minimum absolute atomic E-state index is 0.151. The van der Waals surface area contributed by atoms with Gasteiger partial charge in [0.2, 0.25) is 0 Å². The molecule has 0 aliphatic carbocycles. The van der Waals surface area contributed by atoms with Gasteiger partial charge in [0.25, 0.3) is 0 Å². The fourth-order valence-corrected chi connectivity index (χ4v) is 2.48. The van der Waals surface area contributed by atoms with E-state index in [4.69, 9.17) is 16.3 Å². The second-order valence-electron chi connectivity index (χ2n) is 4.72. The number of carbonyl (C=O) groups is 1. The Morgan fingerprint density at radius 2 is 2.21 bits per heavy atom. The maximum Gasteiger partial charge on any atom is 0.309 e. The molecule has 0 radical (unpaired) electrons. The van der Waals surface area contributed by atoms with Gasteiger partial charge in [-0.1, -0.05) is 24.6 Å². The van der Waals surface area contributed by atoms with Crippen LogP contribution in [0.2, 0.25) is 5.02 Å². The lowest BCUT2D eigenvalue weighted by molar-refractivity contribution is -0.147. The van der Waals surface area contributed by atoms with Gasteiger partial charge in [0.1, 0.15) is 0 Å². The first kappa shape index (κ1) is 13.9. The van der Waals surface area contributed by atoms with Crippen molar-refractivity contribution in [1.29, 1.82) is 0 Å². The van der Waals surface area contributed by atoms with Gasteiger partial charge >= 0.3 is 5.97 Å². The summed E-state index contributed by atoms with van der Waals surface area (Å²) in [6, 6.07) is 7.89. The third kappa shape index (κ3) is 2.76. The number of nitrogens with zero attached hydrogens (tertiary/aromatic N) is 1. The quantitative estimate of drug-likeness (QED) is 0.801. The van der Waals surface area contributed by atoms with Crippen LogP contribution in [0, 0.1) is 5.92 Å². The van der Waals surface area contributed by atoms with E-state index in [0.717, 1.165) is 21.6 Å². The lowest BCUT2D eigenvalue weighted by Crippen LogP contribution is -2.18. The van der Waals surface area contributed by atoms with Crippen LogP contribution in [0.15, 0.2) is 24.3 Å². The number of aryl methyl sites for hydroxylation is 1. The SMILES string of the molecule is CCOC(=O)C(C)Cc1cc2c(Cl)cccc2n1C. The average Bonchev–Trinajstić information content (AvgIpc) is 2.69. The number of benzene rings is 1. The average molecular weight is 280 g/mol. The molecule has 102 valence electrons. The molecule has 1 aromatic heterocycles. The maximum atomic E-state index is 11.7. The Bertz CT molecular complexity index is 603. The maximum absolute atomic E-state index is 11.7. The van der Waals surface area contributed by atoms with Gasteiger partial charge in [-0.05, 0) is 25.1 Å². The third-order valence-corrected chi connectivity index (χ3v) is 3.67. The smallest absolute Gasteiger partial charge is 0.309 e. The molecular formula is C15H18ClNO2. The predicted molar refractivity (Wildman–Crippen MR) is 77.4 cm³/mol. The van der Waals surface area contributed by atoms with Crippen LogP contribution in [0.5, 0.6) is 0 Å². The summed E-state index contributed by atoms with van der Waals surface area (Å²) < 4.78 is 7.12. The second-order valence-corrected chi connectivity index (χ2v) is 5.13. The van der Waals surface area contributed by atoms with Crippen molar-refractivity contribution in [2.24, 2.45) is 13.0 Å². The van der Waals surface area contributed by atoms with E-state index in [0.29, 0.717) is 13.0 Å². The molecule has 2 aromatic rings. The molecule has 0 fully saturated rings. The topological polar surface area (TPSA) is 31.2 Å². The Kier molecular flexibility index (Phi) is 4.15. The van der Waals surface area contributed by atoms with Gasteiger partial charge in [0, 0.05) is 35.1 Å². The largest absolute Gasteiger partial charge is 0.466 e. The number of carbonyl (C=O) groups excluding carboxylic acids is 1. The number of esters is 1. The van der Waals surface area contributed by atoms with Crippen molar-refractivity contribution in [3.63, 3.8) is 0 Å². The van der Waals surface area contributed by atoms with Gasteiger partial charge in [0.15, 0.2) is 0 Å². The van der Waals surface area contributed by atoms with Gasteiger partial charge in [0.05, 0.1) is 12.5 Å². The van der Waals surface area contributed by atoms with Crippen LogP contribution in [0.1, 0.15) is 19.5 Å². The Labute approximate surface area is 118 Å². The summed E-state index contributed by atoms with van der Waals surface area (Å²) in [4.78, 5) is 11.7. The molecule has 1 aromatic carbocycles. The van der Waals surface area contributed by atoms with Crippen molar-refractivity contribution in [3.05, 3.63) is 35.0 Å². The van der Waals surface area contributed by atoms with Crippen LogP contribution in [0.4, 0.5) is 0 Å². The molecule has 0 saturated carbocycles.